The molecule has 2 aromatic rings. The van der Waals surface area contributed by atoms with Crippen LogP contribution in [0.1, 0.15) is 19.4 Å². The summed E-state index contributed by atoms with van der Waals surface area (Å²) in [4.78, 5) is 17.0. The van der Waals surface area contributed by atoms with Gasteiger partial charge in [0.2, 0.25) is 11.1 Å². The van der Waals surface area contributed by atoms with Gasteiger partial charge in [-0.1, -0.05) is 36.4 Å². The van der Waals surface area contributed by atoms with E-state index in [-0.39, 0.29) is 11.2 Å². The molecule has 1 aromatic heterocycles. The van der Waals surface area contributed by atoms with Crippen molar-refractivity contribution < 1.29 is 4.79 Å². The molecule has 7 nitrogen and oxygen atoms in total. The van der Waals surface area contributed by atoms with Crippen molar-refractivity contribution in [1.82, 2.24) is 30.0 Å². The lowest BCUT2D eigenvalue weighted by molar-refractivity contribution is -0.132. The number of carbonyl (C=O) groups excluding carboxylic acids is 1. The van der Waals surface area contributed by atoms with Gasteiger partial charge in [-0.3, -0.25) is 4.79 Å². The average Bonchev–Trinajstić information content (AvgIpc) is 3.10. The molecule has 0 N–H and O–H groups in total. The molecular weight excluding hydrogens is 336 g/mol. The van der Waals surface area contributed by atoms with Gasteiger partial charge in [-0.05, 0) is 43.0 Å². The first-order chi connectivity index (χ1) is 12.1. The van der Waals surface area contributed by atoms with Crippen LogP contribution >= 0.6 is 11.8 Å². The highest BCUT2D eigenvalue weighted by atomic mass is 32.2. The fraction of sp³-hybridized carbons (Fsp3) is 0.529. The van der Waals surface area contributed by atoms with Gasteiger partial charge in [-0.15, -0.1) is 5.10 Å². The van der Waals surface area contributed by atoms with E-state index in [2.05, 4.69) is 27.3 Å². The van der Waals surface area contributed by atoms with Gasteiger partial charge >= 0.3 is 0 Å². The zero-order valence-corrected chi connectivity index (χ0v) is 15.7. The third-order valence-corrected chi connectivity index (χ3v) is 5.50. The van der Waals surface area contributed by atoms with E-state index < -0.39 is 0 Å². The van der Waals surface area contributed by atoms with Gasteiger partial charge in [-0.2, -0.15) is 4.68 Å². The van der Waals surface area contributed by atoms with Crippen molar-refractivity contribution >= 4 is 17.7 Å². The topological polar surface area (TPSA) is 67.2 Å². The summed E-state index contributed by atoms with van der Waals surface area (Å²) in [5.74, 6) is 0.152. The van der Waals surface area contributed by atoms with Gasteiger partial charge in [-0.25, -0.2) is 0 Å². The van der Waals surface area contributed by atoms with E-state index in [1.165, 1.54) is 17.3 Å². The fourth-order valence-corrected chi connectivity index (χ4v) is 3.74. The SMILES string of the molecule is CCN1CCN(C(=O)[C@H](C)Sc2nnnn2-c2ccc(C)cc2)CC1. The predicted molar refractivity (Wildman–Crippen MR) is 97.9 cm³/mol. The molecule has 0 unspecified atom stereocenters. The Morgan fingerprint density at radius 1 is 1.20 bits per heavy atom. The Labute approximate surface area is 152 Å². The van der Waals surface area contributed by atoms with Crippen molar-refractivity contribution in [2.75, 3.05) is 32.7 Å². The molecule has 8 heteroatoms. The Bertz CT molecular complexity index is 708. The average molecular weight is 360 g/mol. The lowest BCUT2D eigenvalue weighted by atomic mass is 10.2. The second-order valence-electron chi connectivity index (χ2n) is 6.23. The lowest BCUT2D eigenvalue weighted by Gasteiger charge is -2.35. The van der Waals surface area contributed by atoms with Gasteiger partial charge in [0, 0.05) is 26.2 Å². The Hall–Kier alpha value is -1.93. The van der Waals surface area contributed by atoms with Crippen LogP contribution in [0.2, 0.25) is 0 Å². The molecule has 134 valence electrons. The number of aryl methyl sites for hydroxylation is 1. The van der Waals surface area contributed by atoms with E-state index in [1.807, 2.05) is 43.0 Å². The predicted octanol–water partition coefficient (Wildman–Crippen LogP) is 1.62. The molecule has 1 atom stereocenters. The minimum Gasteiger partial charge on any atom is -0.339 e. The second kappa shape index (κ2) is 7.97. The summed E-state index contributed by atoms with van der Waals surface area (Å²) >= 11 is 1.41. The summed E-state index contributed by atoms with van der Waals surface area (Å²) in [5, 5.41) is 12.4. The van der Waals surface area contributed by atoms with Crippen LogP contribution in [0.4, 0.5) is 0 Å². The van der Waals surface area contributed by atoms with E-state index in [1.54, 1.807) is 4.68 Å². The number of benzene rings is 1. The largest absolute Gasteiger partial charge is 0.339 e. The van der Waals surface area contributed by atoms with Crippen molar-refractivity contribution in [3.63, 3.8) is 0 Å². The van der Waals surface area contributed by atoms with E-state index in [9.17, 15) is 4.79 Å². The summed E-state index contributed by atoms with van der Waals surface area (Å²) in [6, 6.07) is 8.00. The summed E-state index contributed by atoms with van der Waals surface area (Å²) in [5.41, 5.74) is 2.08. The van der Waals surface area contributed by atoms with Gasteiger partial charge in [0.15, 0.2) is 0 Å². The molecule has 1 amide bonds. The Kier molecular flexibility index (Phi) is 5.70. The summed E-state index contributed by atoms with van der Waals surface area (Å²) < 4.78 is 1.68. The number of aromatic nitrogens is 4. The van der Waals surface area contributed by atoms with Crippen molar-refractivity contribution in [2.24, 2.45) is 0 Å². The van der Waals surface area contributed by atoms with Gasteiger partial charge < -0.3 is 9.80 Å². The zero-order valence-electron chi connectivity index (χ0n) is 14.9. The highest BCUT2D eigenvalue weighted by molar-refractivity contribution is 8.00. The monoisotopic (exact) mass is 360 g/mol. The third kappa shape index (κ3) is 4.19. The molecule has 1 aliphatic heterocycles. The Morgan fingerprint density at radius 2 is 1.88 bits per heavy atom. The van der Waals surface area contributed by atoms with Crippen molar-refractivity contribution in [1.29, 1.82) is 0 Å². The summed E-state index contributed by atoms with van der Waals surface area (Å²) in [6.07, 6.45) is 0. The van der Waals surface area contributed by atoms with Gasteiger partial charge in [0.1, 0.15) is 0 Å². The molecule has 0 bridgehead atoms. The second-order valence-corrected chi connectivity index (χ2v) is 7.54. The number of hydrogen-bond acceptors (Lipinski definition) is 6. The molecule has 1 aromatic carbocycles. The number of nitrogens with zero attached hydrogens (tertiary/aromatic N) is 6. The third-order valence-electron chi connectivity index (χ3n) is 4.48. The first-order valence-electron chi connectivity index (χ1n) is 8.61. The van der Waals surface area contributed by atoms with Crippen LogP contribution in [-0.2, 0) is 4.79 Å². The Morgan fingerprint density at radius 3 is 2.52 bits per heavy atom. The normalized spacial score (nSPS) is 16.8. The maximum absolute atomic E-state index is 12.7. The molecular formula is C17H24N6OS. The molecule has 0 aliphatic carbocycles. The summed E-state index contributed by atoms with van der Waals surface area (Å²) in [7, 11) is 0. The number of likely N-dealkylation sites (N-methyl/N-ethyl adjacent to an activating group) is 1. The molecule has 3 rings (SSSR count). The maximum atomic E-state index is 12.7. The van der Waals surface area contributed by atoms with Crippen molar-refractivity contribution in [3.8, 4) is 5.69 Å². The van der Waals surface area contributed by atoms with Crippen LogP contribution in [0.3, 0.4) is 0 Å². The van der Waals surface area contributed by atoms with Crippen molar-refractivity contribution in [2.45, 2.75) is 31.2 Å². The van der Waals surface area contributed by atoms with E-state index in [0.717, 1.165) is 38.4 Å². The van der Waals surface area contributed by atoms with Crippen LogP contribution in [0.25, 0.3) is 5.69 Å². The number of hydrogen-bond donors (Lipinski definition) is 0. The van der Waals surface area contributed by atoms with Crippen LogP contribution in [0.15, 0.2) is 29.4 Å². The fourth-order valence-electron chi connectivity index (χ4n) is 2.85. The highest BCUT2D eigenvalue weighted by Crippen LogP contribution is 2.24. The van der Waals surface area contributed by atoms with Crippen LogP contribution in [0.5, 0.6) is 0 Å². The zero-order chi connectivity index (χ0) is 17.8. The molecule has 1 aliphatic rings. The van der Waals surface area contributed by atoms with E-state index in [4.69, 9.17) is 0 Å². The van der Waals surface area contributed by atoms with E-state index in [0.29, 0.717) is 5.16 Å². The Balaban J connectivity index is 1.65. The number of rotatable bonds is 5. The molecule has 1 fully saturated rings. The number of piperazine rings is 1. The number of carbonyl (C=O) groups is 1. The molecule has 0 radical (unpaired) electrons. The maximum Gasteiger partial charge on any atom is 0.235 e. The smallest absolute Gasteiger partial charge is 0.235 e. The van der Waals surface area contributed by atoms with Gasteiger partial charge in [0.25, 0.3) is 0 Å². The quantitative estimate of drug-likeness (QED) is 0.755. The molecule has 0 saturated carbocycles. The van der Waals surface area contributed by atoms with Crippen LogP contribution < -0.4 is 0 Å². The molecule has 25 heavy (non-hydrogen) atoms. The van der Waals surface area contributed by atoms with E-state index >= 15 is 0 Å². The highest BCUT2D eigenvalue weighted by Gasteiger charge is 2.26. The number of amides is 1. The lowest BCUT2D eigenvalue weighted by Crippen LogP contribution is -2.50. The number of tetrazole rings is 1. The van der Waals surface area contributed by atoms with Crippen LogP contribution in [-0.4, -0.2) is 73.9 Å². The van der Waals surface area contributed by atoms with Gasteiger partial charge in [0.05, 0.1) is 10.9 Å². The minimum absolute atomic E-state index is 0.152. The molecule has 1 saturated heterocycles. The molecule has 2 heterocycles. The minimum atomic E-state index is -0.219. The molecule has 0 spiro atoms. The standard InChI is InChI=1S/C17H24N6OS/c1-4-21-9-11-22(12-10-21)16(24)14(3)25-17-18-19-20-23(17)15-7-5-13(2)6-8-15/h5-8,14H,4,9-12H2,1-3H3/t14-/m0/s1. The first kappa shape index (κ1) is 17.9. The summed E-state index contributed by atoms with van der Waals surface area (Å²) in [6.45, 7) is 10.6. The first-order valence-corrected chi connectivity index (χ1v) is 9.49. The van der Waals surface area contributed by atoms with Crippen LogP contribution in [0, 0.1) is 6.92 Å². The van der Waals surface area contributed by atoms with Crippen molar-refractivity contribution in [3.05, 3.63) is 29.8 Å². The number of thioether (sulfide) groups is 1.